The van der Waals surface area contributed by atoms with Crippen molar-refractivity contribution in [2.45, 2.75) is 0 Å². The molecule has 2 amide bonds. The average molecular weight is 432 g/mol. The van der Waals surface area contributed by atoms with E-state index in [1.165, 1.54) is 6.07 Å². The van der Waals surface area contributed by atoms with Crippen molar-refractivity contribution in [3.63, 3.8) is 0 Å². The second-order valence-electron chi connectivity index (χ2n) is 5.83. The molecule has 2 aromatic carbocycles. The fourth-order valence-electron chi connectivity index (χ4n) is 2.78. The van der Waals surface area contributed by atoms with Crippen LogP contribution in [-0.4, -0.2) is 47.8 Å². The summed E-state index contributed by atoms with van der Waals surface area (Å²) in [6.45, 7) is 1.61. The zero-order valence-electron chi connectivity index (χ0n) is 13.5. The van der Waals surface area contributed by atoms with Crippen LogP contribution >= 0.6 is 46.4 Å². The third-order valence-electron chi connectivity index (χ3n) is 4.17. The van der Waals surface area contributed by atoms with Crippen LogP contribution in [-0.2, 0) is 0 Å². The molecule has 26 heavy (non-hydrogen) atoms. The first-order valence-corrected chi connectivity index (χ1v) is 9.36. The molecule has 2 aromatic rings. The van der Waals surface area contributed by atoms with Crippen molar-refractivity contribution < 1.29 is 9.59 Å². The van der Waals surface area contributed by atoms with Gasteiger partial charge in [0, 0.05) is 36.2 Å². The lowest BCUT2D eigenvalue weighted by atomic mass is 10.1. The van der Waals surface area contributed by atoms with E-state index >= 15 is 0 Å². The monoisotopic (exact) mass is 430 g/mol. The van der Waals surface area contributed by atoms with Crippen LogP contribution in [0.3, 0.4) is 0 Å². The molecule has 1 aliphatic heterocycles. The van der Waals surface area contributed by atoms with E-state index in [2.05, 4.69) is 0 Å². The molecule has 3 rings (SSSR count). The van der Waals surface area contributed by atoms with Crippen LogP contribution in [0.25, 0.3) is 0 Å². The number of hydrogen-bond donors (Lipinski definition) is 0. The highest BCUT2D eigenvalue weighted by Gasteiger charge is 2.27. The molecule has 136 valence electrons. The molecule has 1 heterocycles. The summed E-state index contributed by atoms with van der Waals surface area (Å²) < 4.78 is 0. The van der Waals surface area contributed by atoms with E-state index in [1.54, 1.807) is 40.1 Å². The molecule has 0 radical (unpaired) electrons. The van der Waals surface area contributed by atoms with Crippen LogP contribution in [0.1, 0.15) is 20.7 Å². The lowest BCUT2D eigenvalue weighted by molar-refractivity contribution is 0.0535. The molecular weight excluding hydrogens is 418 g/mol. The van der Waals surface area contributed by atoms with E-state index in [9.17, 15) is 9.59 Å². The van der Waals surface area contributed by atoms with Crippen molar-refractivity contribution >= 4 is 58.2 Å². The van der Waals surface area contributed by atoms with Gasteiger partial charge >= 0.3 is 0 Å². The van der Waals surface area contributed by atoms with Crippen LogP contribution in [0, 0.1) is 0 Å². The molecule has 0 N–H and O–H groups in total. The largest absolute Gasteiger partial charge is 0.335 e. The quantitative estimate of drug-likeness (QED) is 0.678. The zero-order valence-corrected chi connectivity index (χ0v) is 16.5. The van der Waals surface area contributed by atoms with Gasteiger partial charge in [-0.3, -0.25) is 9.59 Å². The Morgan fingerprint density at radius 2 is 1.15 bits per heavy atom. The van der Waals surface area contributed by atoms with E-state index in [-0.39, 0.29) is 11.8 Å². The fraction of sp³-hybridized carbons (Fsp3) is 0.222. The van der Waals surface area contributed by atoms with Gasteiger partial charge in [0.1, 0.15) is 0 Å². The number of benzene rings is 2. The maximum atomic E-state index is 12.7. The SMILES string of the molecule is O=C(c1ccc(Cl)cc1Cl)N1CCN(C(=O)c2cc(Cl)ccc2Cl)CC1. The molecule has 0 aromatic heterocycles. The third kappa shape index (κ3) is 4.09. The van der Waals surface area contributed by atoms with Crippen molar-refractivity contribution in [2.24, 2.45) is 0 Å². The van der Waals surface area contributed by atoms with Gasteiger partial charge in [0.05, 0.1) is 21.2 Å². The van der Waals surface area contributed by atoms with Crippen molar-refractivity contribution in [3.05, 3.63) is 67.6 Å². The summed E-state index contributed by atoms with van der Waals surface area (Å²) in [5.41, 5.74) is 0.758. The number of amides is 2. The van der Waals surface area contributed by atoms with Crippen LogP contribution in [0.2, 0.25) is 20.1 Å². The molecule has 1 fully saturated rings. The van der Waals surface area contributed by atoms with E-state index in [4.69, 9.17) is 46.4 Å². The van der Waals surface area contributed by atoms with Gasteiger partial charge < -0.3 is 9.80 Å². The van der Waals surface area contributed by atoms with Crippen molar-refractivity contribution in [2.75, 3.05) is 26.2 Å². The molecule has 1 saturated heterocycles. The van der Waals surface area contributed by atoms with Crippen molar-refractivity contribution in [1.29, 1.82) is 0 Å². The van der Waals surface area contributed by atoms with Crippen molar-refractivity contribution in [3.8, 4) is 0 Å². The average Bonchev–Trinajstić information content (AvgIpc) is 2.63. The molecule has 1 aliphatic rings. The highest BCUT2D eigenvalue weighted by Crippen LogP contribution is 2.25. The third-order valence-corrected chi connectivity index (χ3v) is 5.29. The van der Waals surface area contributed by atoms with E-state index in [0.717, 1.165) is 0 Å². The Bertz CT molecular complexity index is 864. The first-order chi connectivity index (χ1) is 12.4. The minimum absolute atomic E-state index is 0.181. The molecule has 0 atom stereocenters. The second kappa shape index (κ2) is 8.05. The summed E-state index contributed by atoms with van der Waals surface area (Å²) in [5, 5.41) is 1.59. The normalized spacial score (nSPS) is 14.5. The molecule has 8 heteroatoms. The highest BCUT2D eigenvalue weighted by atomic mass is 35.5. The molecule has 0 saturated carbocycles. The fourth-order valence-corrected chi connectivity index (χ4v) is 3.64. The van der Waals surface area contributed by atoms with Gasteiger partial charge in [-0.2, -0.15) is 0 Å². The van der Waals surface area contributed by atoms with E-state index < -0.39 is 0 Å². The van der Waals surface area contributed by atoms with E-state index in [0.29, 0.717) is 57.4 Å². The smallest absolute Gasteiger partial charge is 0.255 e. The Morgan fingerprint density at radius 3 is 1.73 bits per heavy atom. The highest BCUT2D eigenvalue weighted by molar-refractivity contribution is 6.37. The van der Waals surface area contributed by atoms with Crippen LogP contribution < -0.4 is 0 Å². The Hall–Kier alpha value is -1.46. The van der Waals surface area contributed by atoms with Gasteiger partial charge in [-0.1, -0.05) is 46.4 Å². The van der Waals surface area contributed by atoms with Crippen LogP contribution in [0.15, 0.2) is 36.4 Å². The number of halogens is 4. The maximum absolute atomic E-state index is 12.7. The molecule has 0 unspecified atom stereocenters. The minimum Gasteiger partial charge on any atom is -0.335 e. The van der Waals surface area contributed by atoms with Gasteiger partial charge in [-0.15, -0.1) is 0 Å². The van der Waals surface area contributed by atoms with Gasteiger partial charge in [0.15, 0.2) is 0 Å². The first kappa shape index (κ1) is 19.3. The number of carbonyl (C=O) groups is 2. The van der Waals surface area contributed by atoms with Crippen molar-refractivity contribution in [1.82, 2.24) is 9.80 Å². The van der Waals surface area contributed by atoms with Crippen LogP contribution in [0.5, 0.6) is 0 Å². The zero-order chi connectivity index (χ0) is 18.8. The van der Waals surface area contributed by atoms with Crippen LogP contribution in [0.4, 0.5) is 0 Å². The summed E-state index contributed by atoms with van der Waals surface area (Å²) in [5.74, 6) is -0.381. The van der Waals surface area contributed by atoms with Gasteiger partial charge in [0.2, 0.25) is 0 Å². The molecule has 4 nitrogen and oxygen atoms in total. The minimum atomic E-state index is -0.200. The standard InChI is InChI=1S/C18H14Cl4N2O2/c19-11-2-4-15(21)14(9-11)18(26)24-7-5-23(6-8-24)17(25)13-3-1-12(20)10-16(13)22/h1-4,9-10H,5-8H2. The van der Waals surface area contributed by atoms with Gasteiger partial charge in [-0.25, -0.2) is 0 Å². The number of carbonyl (C=O) groups excluding carboxylic acids is 2. The molecule has 0 bridgehead atoms. The Balaban J connectivity index is 1.68. The number of piperazine rings is 1. The molecule has 0 spiro atoms. The first-order valence-electron chi connectivity index (χ1n) is 7.85. The Labute approximate surface area is 171 Å². The maximum Gasteiger partial charge on any atom is 0.255 e. The summed E-state index contributed by atoms with van der Waals surface area (Å²) in [6, 6.07) is 9.55. The summed E-state index contributed by atoms with van der Waals surface area (Å²) in [6.07, 6.45) is 0. The summed E-state index contributed by atoms with van der Waals surface area (Å²) in [4.78, 5) is 28.6. The predicted molar refractivity (Wildman–Crippen MR) is 105 cm³/mol. The lowest BCUT2D eigenvalue weighted by Gasteiger charge is -2.35. The summed E-state index contributed by atoms with van der Waals surface area (Å²) in [7, 11) is 0. The topological polar surface area (TPSA) is 40.6 Å². The number of hydrogen-bond acceptors (Lipinski definition) is 2. The second-order valence-corrected chi connectivity index (χ2v) is 7.52. The Kier molecular flexibility index (Phi) is 5.98. The number of nitrogens with zero attached hydrogens (tertiary/aromatic N) is 2. The number of rotatable bonds is 2. The van der Waals surface area contributed by atoms with Gasteiger partial charge in [0.25, 0.3) is 11.8 Å². The van der Waals surface area contributed by atoms with E-state index in [1.807, 2.05) is 0 Å². The molecular formula is C18H14Cl4N2O2. The predicted octanol–water partition coefficient (Wildman–Crippen LogP) is 4.90. The summed E-state index contributed by atoms with van der Waals surface area (Å²) >= 11 is 24.0. The lowest BCUT2D eigenvalue weighted by Crippen LogP contribution is -2.50. The van der Waals surface area contributed by atoms with Gasteiger partial charge in [-0.05, 0) is 36.4 Å². The Morgan fingerprint density at radius 1 is 0.654 bits per heavy atom. The molecule has 0 aliphatic carbocycles.